The van der Waals surface area contributed by atoms with E-state index < -0.39 is 5.92 Å². The van der Waals surface area contributed by atoms with Crippen molar-refractivity contribution in [3.63, 3.8) is 0 Å². The number of rotatable bonds is 3. The summed E-state index contributed by atoms with van der Waals surface area (Å²) in [5.74, 6) is -2.12. The molecule has 0 saturated heterocycles. The van der Waals surface area contributed by atoms with Gasteiger partial charge in [-0.3, -0.25) is 0 Å². The monoisotopic (exact) mass is 285 g/mol. The molecule has 0 unspecified atom stereocenters. The molecule has 0 spiro atoms. The highest BCUT2D eigenvalue weighted by molar-refractivity contribution is 5.41. The molecule has 0 aromatic heterocycles. The summed E-state index contributed by atoms with van der Waals surface area (Å²) in [6.45, 7) is 1.02. The van der Waals surface area contributed by atoms with E-state index in [0.29, 0.717) is 43.7 Å². The summed E-state index contributed by atoms with van der Waals surface area (Å²) < 4.78 is 45.3. The molecule has 1 saturated carbocycles. The predicted octanol–water partition coefficient (Wildman–Crippen LogP) is 3.43. The smallest absolute Gasteiger partial charge is 0.248 e. The number of ether oxygens (including phenoxy) is 1. The number of nitrogens with one attached hydrogen (secondary N) is 1. The molecule has 20 heavy (non-hydrogen) atoms. The van der Waals surface area contributed by atoms with E-state index in [1.54, 1.807) is 0 Å². The van der Waals surface area contributed by atoms with E-state index in [4.69, 9.17) is 4.74 Å². The average molecular weight is 285 g/mol. The van der Waals surface area contributed by atoms with Gasteiger partial charge in [0.05, 0.1) is 6.61 Å². The highest BCUT2D eigenvalue weighted by Crippen LogP contribution is 2.33. The summed E-state index contributed by atoms with van der Waals surface area (Å²) in [6, 6.07) is 3.44. The first kappa shape index (κ1) is 13.7. The summed E-state index contributed by atoms with van der Waals surface area (Å²) in [6.07, 6.45) is 1.43. The van der Waals surface area contributed by atoms with Crippen molar-refractivity contribution >= 4 is 0 Å². The van der Waals surface area contributed by atoms with Crippen LogP contribution in [0.1, 0.15) is 36.8 Å². The fourth-order valence-electron chi connectivity index (χ4n) is 2.91. The SMILES string of the molecule is Fc1cc(CNC2CCC(F)(F)CC2)cc2c1CCO2. The number of hydrogen-bond acceptors (Lipinski definition) is 2. The first-order valence-corrected chi connectivity index (χ1v) is 7.09. The van der Waals surface area contributed by atoms with Gasteiger partial charge >= 0.3 is 0 Å². The van der Waals surface area contributed by atoms with Crippen molar-refractivity contribution in [2.75, 3.05) is 6.61 Å². The van der Waals surface area contributed by atoms with Crippen LogP contribution in [0.25, 0.3) is 0 Å². The number of fused-ring (bicyclic) bond motifs is 1. The largest absolute Gasteiger partial charge is 0.493 e. The van der Waals surface area contributed by atoms with Crippen LogP contribution in [0, 0.1) is 5.82 Å². The first-order valence-electron chi connectivity index (χ1n) is 7.09. The van der Waals surface area contributed by atoms with Crippen LogP contribution < -0.4 is 10.1 Å². The van der Waals surface area contributed by atoms with Crippen LogP contribution in [0.2, 0.25) is 0 Å². The molecular formula is C15H18F3NO. The standard InChI is InChI=1S/C15H18F3NO/c16-13-7-10(8-14-12(13)3-6-20-14)9-19-11-1-4-15(17,18)5-2-11/h7-8,11,19H,1-6,9H2. The highest BCUT2D eigenvalue weighted by Gasteiger charge is 2.34. The van der Waals surface area contributed by atoms with E-state index in [1.165, 1.54) is 6.07 Å². The third kappa shape index (κ3) is 2.92. The fourth-order valence-corrected chi connectivity index (χ4v) is 2.91. The number of halogens is 3. The molecule has 1 aromatic carbocycles. The molecule has 1 N–H and O–H groups in total. The molecule has 1 aliphatic heterocycles. The number of benzene rings is 1. The second kappa shape index (κ2) is 5.28. The van der Waals surface area contributed by atoms with Crippen LogP contribution in [-0.2, 0) is 13.0 Å². The van der Waals surface area contributed by atoms with Crippen LogP contribution in [0.3, 0.4) is 0 Å². The van der Waals surface area contributed by atoms with Gasteiger partial charge in [0, 0.05) is 37.4 Å². The molecule has 3 rings (SSSR count). The topological polar surface area (TPSA) is 21.3 Å². The summed E-state index contributed by atoms with van der Waals surface area (Å²) in [5.41, 5.74) is 1.45. The summed E-state index contributed by atoms with van der Waals surface area (Å²) >= 11 is 0. The minimum atomic E-state index is -2.51. The summed E-state index contributed by atoms with van der Waals surface area (Å²) in [5, 5.41) is 3.24. The Balaban J connectivity index is 1.58. The third-order valence-electron chi connectivity index (χ3n) is 4.14. The molecule has 110 valence electrons. The summed E-state index contributed by atoms with van der Waals surface area (Å²) in [7, 11) is 0. The molecular weight excluding hydrogens is 267 g/mol. The molecule has 0 atom stereocenters. The zero-order valence-electron chi connectivity index (χ0n) is 11.2. The molecule has 1 aromatic rings. The quantitative estimate of drug-likeness (QED) is 0.918. The van der Waals surface area contributed by atoms with Crippen LogP contribution in [0.5, 0.6) is 5.75 Å². The maximum Gasteiger partial charge on any atom is 0.248 e. The summed E-state index contributed by atoms with van der Waals surface area (Å²) in [4.78, 5) is 0. The van der Waals surface area contributed by atoms with Crippen LogP contribution in [0.4, 0.5) is 13.2 Å². The molecule has 2 aliphatic rings. The van der Waals surface area contributed by atoms with Crippen molar-refractivity contribution < 1.29 is 17.9 Å². The van der Waals surface area contributed by atoms with Gasteiger partial charge in [0.1, 0.15) is 11.6 Å². The molecule has 0 bridgehead atoms. The maximum absolute atomic E-state index is 13.8. The normalized spacial score (nSPS) is 21.6. The Labute approximate surface area is 116 Å². The van der Waals surface area contributed by atoms with Gasteiger partial charge in [0.25, 0.3) is 0 Å². The van der Waals surface area contributed by atoms with Gasteiger partial charge in [0.15, 0.2) is 0 Å². The Morgan fingerprint density at radius 1 is 1.25 bits per heavy atom. The molecule has 5 heteroatoms. The molecule has 1 heterocycles. The van der Waals surface area contributed by atoms with Crippen molar-refractivity contribution in [3.8, 4) is 5.75 Å². The lowest BCUT2D eigenvalue weighted by atomic mass is 9.92. The van der Waals surface area contributed by atoms with Gasteiger partial charge in [-0.05, 0) is 30.5 Å². The van der Waals surface area contributed by atoms with Gasteiger partial charge in [0.2, 0.25) is 5.92 Å². The number of alkyl halides is 2. The molecule has 2 nitrogen and oxygen atoms in total. The molecule has 0 radical (unpaired) electrons. The van der Waals surface area contributed by atoms with Crippen molar-refractivity contribution in [1.82, 2.24) is 5.32 Å². The van der Waals surface area contributed by atoms with E-state index in [1.807, 2.05) is 6.07 Å². The van der Waals surface area contributed by atoms with Crippen LogP contribution in [-0.4, -0.2) is 18.6 Å². The Hall–Kier alpha value is -1.23. The maximum atomic E-state index is 13.8. The van der Waals surface area contributed by atoms with Crippen molar-refractivity contribution in [2.45, 2.75) is 50.6 Å². The van der Waals surface area contributed by atoms with Crippen molar-refractivity contribution in [2.24, 2.45) is 0 Å². The second-order valence-corrected chi connectivity index (χ2v) is 5.66. The van der Waals surface area contributed by atoms with Crippen LogP contribution in [0.15, 0.2) is 12.1 Å². The predicted molar refractivity (Wildman–Crippen MR) is 69.6 cm³/mol. The minimum Gasteiger partial charge on any atom is -0.493 e. The Morgan fingerprint density at radius 2 is 2.00 bits per heavy atom. The molecule has 1 fully saturated rings. The van der Waals surface area contributed by atoms with Gasteiger partial charge in [-0.2, -0.15) is 0 Å². The molecule has 1 aliphatic carbocycles. The molecule has 0 amide bonds. The number of hydrogen-bond donors (Lipinski definition) is 1. The van der Waals surface area contributed by atoms with Gasteiger partial charge < -0.3 is 10.1 Å². The average Bonchev–Trinajstić information content (AvgIpc) is 2.86. The van der Waals surface area contributed by atoms with E-state index in [9.17, 15) is 13.2 Å². The lowest BCUT2D eigenvalue weighted by Gasteiger charge is -2.29. The Kier molecular flexibility index (Phi) is 3.63. The van der Waals surface area contributed by atoms with E-state index >= 15 is 0 Å². The Morgan fingerprint density at radius 3 is 2.75 bits per heavy atom. The zero-order chi connectivity index (χ0) is 14.2. The lowest BCUT2D eigenvalue weighted by Crippen LogP contribution is -2.36. The van der Waals surface area contributed by atoms with Gasteiger partial charge in [-0.25, -0.2) is 13.2 Å². The van der Waals surface area contributed by atoms with E-state index in [-0.39, 0.29) is 24.7 Å². The van der Waals surface area contributed by atoms with E-state index in [0.717, 1.165) is 5.56 Å². The van der Waals surface area contributed by atoms with E-state index in [2.05, 4.69) is 5.32 Å². The van der Waals surface area contributed by atoms with Crippen molar-refractivity contribution in [3.05, 3.63) is 29.1 Å². The second-order valence-electron chi connectivity index (χ2n) is 5.66. The highest BCUT2D eigenvalue weighted by atomic mass is 19.3. The van der Waals surface area contributed by atoms with Crippen molar-refractivity contribution in [1.29, 1.82) is 0 Å². The lowest BCUT2D eigenvalue weighted by molar-refractivity contribution is -0.0405. The zero-order valence-corrected chi connectivity index (χ0v) is 11.2. The van der Waals surface area contributed by atoms with Gasteiger partial charge in [-0.15, -0.1) is 0 Å². The minimum absolute atomic E-state index is 0.0632. The Bertz CT molecular complexity index is 494. The first-order chi connectivity index (χ1) is 9.53. The van der Waals surface area contributed by atoms with Gasteiger partial charge in [-0.1, -0.05) is 0 Å². The van der Waals surface area contributed by atoms with Crippen LogP contribution >= 0.6 is 0 Å². The third-order valence-corrected chi connectivity index (χ3v) is 4.14. The fraction of sp³-hybridized carbons (Fsp3) is 0.600.